The van der Waals surface area contributed by atoms with E-state index in [1.54, 1.807) is 0 Å². The Labute approximate surface area is 128 Å². The molecule has 1 saturated heterocycles. The summed E-state index contributed by atoms with van der Waals surface area (Å²) in [4.78, 5) is 12.2. The Balaban J connectivity index is 1.67. The summed E-state index contributed by atoms with van der Waals surface area (Å²) in [6.07, 6.45) is 7.42. The lowest BCUT2D eigenvalue weighted by Gasteiger charge is -2.41. The Morgan fingerprint density at radius 1 is 1.38 bits per heavy atom. The Morgan fingerprint density at radius 3 is 2.86 bits per heavy atom. The summed E-state index contributed by atoms with van der Waals surface area (Å²) in [7, 11) is 0. The molecule has 1 heterocycles. The quantitative estimate of drug-likeness (QED) is 0.868. The van der Waals surface area contributed by atoms with Crippen molar-refractivity contribution in [3.63, 3.8) is 0 Å². The predicted molar refractivity (Wildman–Crippen MR) is 81.9 cm³/mol. The summed E-state index contributed by atoms with van der Waals surface area (Å²) in [6.45, 7) is 6.87. The maximum atomic E-state index is 12.2. The summed E-state index contributed by atoms with van der Waals surface area (Å²) < 4.78 is 6.12. The minimum absolute atomic E-state index is 0.170. The fraction of sp³-hybridized carbons (Fsp3) is 0.944. The number of ketones is 1. The van der Waals surface area contributed by atoms with Gasteiger partial charge in [-0.1, -0.05) is 6.92 Å². The molecule has 0 aromatic carbocycles. The molecule has 1 unspecified atom stereocenters. The SMILES string of the molecule is CC(C)(O)CC1CO[C@H]([C@H]2CC[C@H]3C(=O)CCC[C@]23C)C1. The van der Waals surface area contributed by atoms with E-state index in [1.165, 1.54) is 6.42 Å². The van der Waals surface area contributed by atoms with Gasteiger partial charge in [0.25, 0.3) is 0 Å². The van der Waals surface area contributed by atoms with E-state index in [4.69, 9.17) is 4.74 Å². The zero-order valence-corrected chi connectivity index (χ0v) is 13.7. The molecular formula is C18H30O3. The summed E-state index contributed by atoms with van der Waals surface area (Å²) in [5, 5.41) is 10.0. The largest absolute Gasteiger partial charge is 0.390 e. The van der Waals surface area contributed by atoms with Gasteiger partial charge in [0, 0.05) is 18.9 Å². The van der Waals surface area contributed by atoms with Crippen molar-refractivity contribution in [1.82, 2.24) is 0 Å². The molecule has 21 heavy (non-hydrogen) atoms. The van der Waals surface area contributed by atoms with E-state index >= 15 is 0 Å². The second kappa shape index (κ2) is 5.34. The number of hydrogen-bond acceptors (Lipinski definition) is 3. The van der Waals surface area contributed by atoms with E-state index in [-0.39, 0.29) is 11.3 Å². The van der Waals surface area contributed by atoms with Crippen molar-refractivity contribution in [1.29, 1.82) is 0 Å². The topological polar surface area (TPSA) is 46.5 Å². The van der Waals surface area contributed by atoms with E-state index in [0.717, 1.165) is 45.1 Å². The van der Waals surface area contributed by atoms with Crippen molar-refractivity contribution in [2.45, 2.75) is 77.4 Å². The average Bonchev–Trinajstić information content (AvgIpc) is 2.91. The lowest BCUT2D eigenvalue weighted by Crippen LogP contribution is -2.41. The number of rotatable bonds is 3. The molecule has 3 rings (SSSR count). The summed E-state index contributed by atoms with van der Waals surface area (Å²) >= 11 is 0. The van der Waals surface area contributed by atoms with Crippen LogP contribution in [-0.4, -0.2) is 29.2 Å². The first-order valence-corrected chi connectivity index (χ1v) is 8.66. The van der Waals surface area contributed by atoms with Crippen molar-refractivity contribution in [2.75, 3.05) is 6.61 Å². The number of fused-ring (bicyclic) bond motifs is 1. The van der Waals surface area contributed by atoms with Crippen molar-refractivity contribution in [3.05, 3.63) is 0 Å². The van der Waals surface area contributed by atoms with Gasteiger partial charge in [-0.25, -0.2) is 0 Å². The van der Waals surface area contributed by atoms with E-state index in [9.17, 15) is 9.90 Å². The van der Waals surface area contributed by atoms with Gasteiger partial charge in [-0.05, 0) is 69.6 Å². The molecule has 0 radical (unpaired) electrons. The van der Waals surface area contributed by atoms with Gasteiger partial charge < -0.3 is 9.84 Å². The van der Waals surface area contributed by atoms with E-state index in [1.807, 2.05) is 13.8 Å². The molecule has 0 amide bonds. The number of aliphatic hydroxyl groups is 1. The maximum Gasteiger partial charge on any atom is 0.136 e. The number of carbonyl (C=O) groups is 1. The summed E-state index contributed by atoms with van der Waals surface area (Å²) in [5.74, 6) is 1.79. The highest BCUT2D eigenvalue weighted by Crippen LogP contribution is 2.57. The number of carbonyl (C=O) groups excluding carboxylic acids is 1. The first-order chi connectivity index (χ1) is 9.79. The Bertz CT molecular complexity index is 411. The fourth-order valence-electron chi connectivity index (χ4n) is 5.43. The molecule has 1 aliphatic heterocycles. The van der Waals surface area contributed by atoms with Gasteiger partial charge in [0.2, 0.25) is 0 Å². The van der Waals surface area contributed by atoms with Crippen LogP contribution in [0.1, 0.15) is 65.7 Å². The molecule has 3 heteroatoms. The highest BCUT2D eigenvalue weighted by atomic mass is 16.5. The molecule has 3 fully saturated rings. The minimum atomic E-state index is -0.605. The van der Waals surface area contributed by atoms with E-state index in [0.29, 0.717) is 23.7 Å². The molecule has 0 bridgehead atoms. The maximum absolute atomic E-state index is 12.2. The third kappa shape index (κ3) is 2.92. The summed E-state index contributed by atoms with van der Waals surface area (Å²) in [5.41, 5.74) is -0.435. The van der Waals surface area contributed by atoms with Crippen LogP contribution in [0.2, 0.25) is 0 Å². The minimum Gasteiger partial charge on any atom is -0.390 e. The van der Waals surface area contributed by atoms with Crippen LogP contribution in [0.3, 0.4) is 0 Å². The zero-order chi connectivity index (χ0) is 15.3. The molecule has 3 nitrogen and oxygen atoms in total. The second-order valence-corrected chi connectivity index (χ2v) is 8.55. The van der Waals surface area contributed by atoms with Gasteiger partial charge in [-0.3, -0.25) is 4.79 Å². The van der Waals surface area contributed by atoms with Crippen LogP contribution in [0.15, 0.2) is 0 Å². The van der Waals surface area contributed by atoms with Gasteiger partial charge in [-0.2, -0.15) is 0 Å². The predicted octanol–water partition coefficient (Wildman–Crippen LogP) is 3.34. The molecule has 3 aliphatic rings. The first-order valence-electron chi connectivity index (χ1n) is 8.66. The summed E-state index contributed by atoms with van der Waals surface area (Å²) in [6, 6.07) is 0. The molecule has 0 aromatic heterocycles. The van der Waals surface area contributed by atoms with Crippen molar-refractivity contribution in [3.8, 4) is 0 Å². The van der Waals surface area contributed by atoms with Crippen LogP contribution in [0.5, 0.6) is 0 Å². The molecule has 1 N–H and O–H groups in total. The Kier molecular flexibility index (Phi) is 3.94. The van der Waals surface area contributed by atoms with E-state index in [2.05, 4.69) is 6.92 Å². The smallest absolute Gasteiger partial charge is 0.136 e. The molecule has 2 aliphatic carbocycles. The standard InChI is InChI=1S/C18H30O3/c1-17(2,20)10-12-9-16(21-11-12)14-7-6-13-15(19)5-4-8-18(13,14)3/h12-14,16,20H,4-11H2,1-3H3/t12?,13-,14+,16-,18-/m0/s1. The molecular weight excluding hydrogens is 264 g/mol. The van der Waals surface area contributed by atoms with Gasteiger partial charge in [0.1, 0.15) is 5.78 Å². The second-order valence-electron chi connectivity index (χ2n) is 8.55. The highest BCUT2D eigenvalue weighted by Gasteiger charge is 2.54. The normalized spacial score (nSPS) is 44.1. The van der Waals surface area contributed by atoms with E-state index < -0.39 is 5.60 Å². The fourth-order valence-corrected chi connectivity index (χ4v) is 5.43. The third-order valence-electron chi connectivity index (χ3n) is 6.29. The average molecular weight is 294 g/mol. The molecule has 120 valence electrons. The van der Waals surface area contributed by atoms with Crippen LogP contribution in [-0.2, 0) is 9.53 Å². The van der Waals surface area contributed by atoms with Crippen molar-refractivity contribution in [2.24, 2.45) is 23.2 Å². The molecule has 0 aromatic rings. The first kappa shape index (κ1) is 15.5. The van der Waals surface area contributed by atoms with Crippen molar-refractivity contribution < 1.29 is 14.6 Å². The molecule has 2 saturated carbocycles. The van der Waals surface area contributed by atoms with Crippen LogP contribution in [0.4, 0.5) is 0 Å². The lowest BCUT2D eigenvalue weighted by molar-refractivity contribution is -0.130. The van der Waals surface area contributed by atoms with Crippen LogP contribution in [0.25, 0.3) is 0 Å². The monoisotopic (exact) mass is 294 g/mol. The third-order valence-corrected chi connectivity index (χ3v) is 6.29. The Hall–Kier alpha value is -0.410. The number of hydrogen-bond donors (Lipinski definition) is 1. The number of ether oxygens (including phenoxy) is 1. The molecule has 0 spiro atoms. The Morgan fingerprint density at radius 2 is 2.14 bits per heavy atom. The van der Waals surface area contributed by atoms with Gasteiger partial charge in [0.15, 0.2) is 0 Å². The van der Waals surface area contributed by atoms with Crippen LogP contribution >= 0.6 is 0 Å². The molecule has 5 atom stereocenters. The van der Waals surface area contributed by atoms with Crippen LogP contribution < -0.4 is 0 Å². The van der Waals surface area contributed by atoms with Gasteiger partial charge in [0.05, 0.1) is 11.7 Å². The van der Waals surface area contributed by atoms with Crippen molar-refractivity contribution >= 4 is 5.78 Å². The van der Waals surface area contributed by atoms with Gasteiger partial charge >= 0.3 is 0 Å². The number of Topliss-reactive ketones (excluding diaryl/α,β-unsaturated/α-hetero) is 1. The zero-order valence-electron chi connectivity index (χ0n) is 13.7. The van der Waals surface area contributed by atoms with Crippen LogP contribution in [0, 0.1) is 23.2 Å². The lowest BCUT2D eigenvalue weighted by atomic mass is 9.63. The highest BCUT2D eigenvalue weighted by molar-refractivity contribution is 5.83. The van der Waals surface area contributed by atoms with Gasteiger partial charge in [-0.15, -0.1) is 0 Å².